The highest BCUT2D eigenvalue weighted by molar-refractivity contribution is 5.47. The molecule has 0 fully saturated rings. The van der Waals surface area contributed by atoms with Crippen LogP contribution in [0.2, 0.25) is 0 Å². The van der Waals surface area contributed by atoms with Crippen LogP contribution in [-0.2, 0) is 0 Å². The predicted octanol–water partition coefficient (Wildman–Crippen LogP) is 2.72. The summed E-state index contributed by atoms with van der Waals surface area (Å²) in [5.74, 6) is 0.174. The van der Waals surface area contributed by atoms with Gasteiger partial charge in [-0.15, -0.1) is 0 Å². The lowest BCUT2D eigenvalue weighted by atomic mass is 10.3. The summed E-state index contributed by atoms with van der Waals surface area (Å²) in [5, 5.41) is 3.00. The molecule has 0 unspecified atom stereocenters. The molecule has 1 N–H and O–H groups in total. The van der Waals surface area contributed by atoms with E-state index in [4.69, 9.17) is 0 Å². The molecule has 0 aliphatic heterocycles. The number of hydrogen-bond donors (Lipinski definition) is 1. The highest BCUT2D eigenvalue weighted by Crippen LogP contribution is 2.18. The van der Waals surface area contributed by atoms with E-state index in [1.807, 2.05) is 6.92 Å². The zero-order valence-corrected chi connectivity index (χ0v) is 7.26. The summed E-state index contributed by atoms with van der Waals surface area (Å²) in [5.41, 5.74) is 0.778. The van der Waals surface area contributed by atoms with Crippen LogP contribution in [-0.4, -0.2) is 13.2 Å². The average molecular weight is 187 g/mol. The molecule has 72 valence electrons. The van der Waals surface area contributed by atoms with Crippen molar-refractivity contribution in [2.45, 2.75) is 13.5 Å². The molecule has 1 aromatic rings. The number of nitrogens with one attached hydrogen (secondary N) is 1. The Bertz CT molecular complexity index is 266. The van der Waals surface area contributed by atoms with Crippen LogP contribution in [0.25, 0.3) is 0 Å². The number of halogens is 2. The van der Waals surface area contributed by atoms with E-state index < -0.39 is 6.61 Å². The number of alkyl halides is 2. The Labute approximate surface area is 75.5 Å². The molecular formula is C9H11F2NO. The van der Waals surface area contributed by atoms with Gasteiger partial charge in [0.15, 0.2) is 0 Å². The average Bonchev–Trinajstić information content (AvgIpc) is 2.04. The quantitative estimate of drug-likeness (QED) is 0.782. The van der Waals surface area contributed by atoms with Crippen LogP contribution in [0.1, 0.15) is 6.92 Å². The van der Waals surface area contributed by atoms with Gasteiger partial charge in [0.2, 0.25) is 0 Å². The second kappa shape index (κ2) is 4.64. The molecule has 0 aliphatic rings. The van der Waals surface area contributed by atoms with E-state index in [0.29, 0.717) is 0 Å². The molecule has 2 nitrogen and oxygen atoms in total. The minimum Gasteiger partial charge on any atom is -0.435 e. The van der Waals surface area contributed by atoms with Gasteiger partial charge in [-0.1, -0.05) is 6.07 Å². The first kappa shape index (κ1) is 9.77. The second-order valence-electron chi connectivity index (χ2n) is 2.44. The third-order valence-electron chi connectivity index (χ3n) is 1.44. The fourth-order valence-electron chi connectivity index (χ4n) is 0.986. The molecule has 0 aromatic heterocycles. The number of ether oxygens (including phenoxy) is 1. The fourth-order valence-corrected chi connectivity index (χ4v) is 0.986. The van der Waals surface area contributed by atoms with Crippen LogP contribution in [0.4, 0.5) is 14.5 Å². The number of rotatable bonds is 4. The van der Waals surface area contributed by atoms with Gasteiger partial charge in [-0.2, -0.15) is 8.78 Å². The van der Waals surface area contributed by atoms with E-state index in [2.05, 4.69) is 10.1 Å². The van der Waals surface area contributed by atoms with Crippen molar-refractivity contribution in [2.75, 3.05) is 11.9 Å². The van der Waals surface area contributed by atoms with Crippen LogP contribution in [0.3, 0.4) is 0 Å². The first-order valence-corrected chi connectivity index (χ1v) is 4.01. The first-order chi connectivity index (χ1) is 6.22. The molecule has 13 heavy (non-hydrogen) atoms. The molecule has 0 saturated carbocycles. The van der Waals surface area contributed by atoms with E-state index in [1.54, 1.807) is 12.1 Å². The molecule has 1 rings (SSSR count). The van der Waals surface area contributed by atoms with Gasteiger partial charge >= 0.3 is 6.61 Å². The highest BCUT2D eigenvalue weighted by Gasteiger charge is 2.03. The highest BCUT2D eigenvalue weighted by atomic mass is 19.3. The van der Waals surface area contributed by atoms with Crippen LogP contribution < -0.4 is 10.1 Å². The third kappa shape index (κ3) is 3.27. The van der Waals surface area contributed by atoms with Crippen molar-refractivity contribution in [2.24, 2.45) is 0 Å². The molecule has 0 atom stereocenters. The largest absolute Gasteiger partial charge is 0.435 e. The summed E-state index contributed by atoms with van der Waals surface area (Å²) in [4.78, 5) is 0. The topological polar surface area (TPSA) is 21.3 Å². The third-order valence-corrected chi connectivity index (χ3v) is 1.44. The van der Waals surface area contributed by atoms with Crippen LogP contribution in [0.5, 0.6) is 5.75 Å². The Morgan fingerprint density at radius 3 is 2.85 bits per heavy atom. The lowest BCUT2D eigenvalue weighted by Crippen LogP contribution is -2.02. The fraction of sp³-hybridized carbons (Fsp3) is 0.333. The predicted molar refractivity (Wildman–Crippen MR) is 47.2 cm³/mol. The van der Waals surface area contributed by atoms with E-state index in [1.165, 1.54) is 12.1 Å². The van der Waals surface area contributed by atoms with Crippen LogP contribution in [0.15, 0.2) is 24.3 Å². The second-order valence-corrected chi connectivity index (χ2v) is 2.44. The lowest BCUT2D eigenvalue weighted by Gasteiger charge is -2.07. The van der Waals surface area contributed by atoms with Gasteiger partial charge in [0, 0.05) is 18.3 Å². The molecular weight excluding hydrogens is 176 g/mol. The summed E-state index contributed by atoms with van der Waals surface area (Å²) >= 11 is 0. The van der Waals surface area contributed by atoms with Gasteiger partial charge in [-0.3, -0.25) is 0 Å². The zero-order valence-electron chi connectivity index (χ0n) is 7.26. The van der Waals surface area contributed by atoms with Crippen molar-refractivity contribution in [3.63, 3.8) is 0 Å². The Balaban J connectivity index is 2.67. The van der Waals surface area contributed by atoms with E-state index in [-0.39, 0.29) is 5.75 Å². The Hall–Kier alpha value is -1.32. The van der Waals surface area contributed by atoms with Crippen molar-refractivity contribution < 1.29 is 13.5 Å². The minimum atomic E-state index is -2.77. The molecule has 0 saturated heterocycles. The Morgan fingerprint density at radius 1 is 1.46 bits per heavy atom. The van der Waals surface area contributed by atoms with Crippen molar-refractivity contribution in [3.05, 3.63) is 24.3 Å². The maximum atomic E-state index is 11.8. The Kier molecular flexibility index (Phi) is 3.49. The molecule has 1 aromatic carbocycles. The SMILES string of the molecule is CCNc1cccc(OC(F)F)c1. The van der Waals surface area contributed by atoms with E-state index in [0.717, 1.165) is 12.2 Å². The number of anilines is 1. The van der Waals surface area contributed by atoms with Gasteiger partial charge in [0.05, 0.1) is 0 Å². The summed E-state index contributed by atoms with van der Waals surface area (Å²) < 4.78 is 27.8. The van der Waals surface area contributed by atoms with Gasteiger partial charge in [-0.05, 0) is 19.1 Å². The first-order valence-electron chi connectivity index (χ1n) is 4.01. The normalized spacial score (nSPS) is 10.2. The van der Waals surface area contributed by atoms with Crippen molar-refractivity contribution in [1.82, 2.24) is 0 Å². The summed E-state index contributed by atoms with van der Waals surface area (Å²) in [6, 6.07) is 6.49. The molecule has 0 bridgehead atoms. The van der Waals surface area contributed by atoms with E-state index >= 15 is 0 Å². The monoisotopic (exact) mass is 187 g/mol. The summed E-state index contributed by atoms with van der Waals surface area (Å²) in [6.45, 7) is -0.0874. The van der Waals surface area contributed by atoms with Crippen molar-refractivity contribution in [1.29, 1.82) is 0 Å². The molecule has 0 spiro atoms. The van der Waals surface area contributed by atoms with Gasteiger partial charge in [0.1, 0.15) is 5.75 Å². The maximum absolute atomic E-state index is 11.8. The van der Waals surface area contributed by atoms with Crippen molar-refractivity contribution >= 4 is 5.69 Å². The zero-order chi connectivity index (χ0) is 9.68. The van der Waals surface area contributed by atoms with Gasteiger partial charge in [0.25, 0.3) is 0 Å². The smallest absolute Gasteiger partial charge is 0.387 e. The molecule has 0 radical (unpaired) electrons. The molecule has 0 heterocycles. The standard InChI is InChI=1S/C9H11F2NO/c1-2-12-7-4-3-5-8(6-7)13-9(10)11/h3-6,9,12H,2H2,1H3. The van der Waals surface area contributed by atoms with Crippen LogP contribution >= 0.6 is 0 Å². The van der Waals surface area contributed by atoms with Gasteiger partial charge in [-0.25, -0.2) is 0 Å². The molecule has 0 amide bonds. The Morgan fingerprint density at radius 2 is 2.23 bits per heavy atom. The summed E-state index contributed by atoms with van der Waals surface area (Å²) in [6.07, 6.45) is 0. The maximum Gasteiger partial charge on any atom is 0.387 e. The van der Waals surface area contributed by atoms with Crippen LogP contribution in [0, 0.1) is 0 Å². The summed E-state index contributed by atoms with van der Waals surface area (Å²) in [7, 11) is 0. The van der Waals surface area contributed by atoms with E-state index in [9.17, 15) is 8.78 Å². The molecule has 4 heteroatoms. The van der Waals surface area contributed by atoms with Gasteiger partial charge < -0.3 is 10.1 Å². The minimum absolute atomic E-state index is 0.174. The lowest BCUT2D eigenvalue weighted by molar-refractivity contribution is -0.0498. The number of benzene rings is 1. The number of hydrogen-bond acceptors (Lipinski definition) is 2. The molecule has 0 aliphatic carbocycles. The van der Waals surface area contributed by atoms with Crippen molar-refractivity contribution in [3.8, 4) is 5.75 Å².